The van der Waals surface area contributed by atoms with Crippen LogP contribution in [0.5, 0.6) is 5.75 Å². The normalized spacial score (nSPS) is 14.8. The molecule has 10 heteroatoms. The number of rotatable bonds is 6. The maximum absolute atomic E-state index is 6.13. The molecule has 0 radical (unpaired) electrons. The molecule has 0 saturated heterocycles. The van der Waals surface area contributed by atoms with Crippen LogP contribution in [0.25, 0.3) is 11.4 Å². The highest BCUT2D eigenvalue weighted by atomic mass is 35.5. The van der Waals surface area contributed by atoms with Crippen LogP contribution in [0.2, 0.25) is 5.02 Å². The van der Waals surface area contributed by atoms with Crippen molar-refractivity contribution in [1.82, 2.24) is 29.7 Å². The molecule has 0 amide bonds. The molecule has 1 aliphatic heterocycles. The van der Waals surface area contributed by atoms with Crippen molar-refractivity contribution in [1.29, 1.82) is 0 Å². The van der Waals surface area contributed by atoms with Gasteiger partial charge in [0.1, 0.15) is 18.2 Å². The summed E-state index contributed by atoms with van der Waals surface area (Å²) in [4.78, 5) is 12.7. The first-order chi connectivity index (χ1) is 15.3. The summed E-state index contributed by atoms with van der Waals surface area (Å²) in [6.07, 6.45) is 7.53. The summed E-state index contributed by atoms with van der Waals surface area (Å²) in [7, 11) is 0. The van der Waals surface area contributed by atoms with Crippen LogP contribution in [0.1, 0.15) is 17.4 Å². The molecule has 4 aromatic rings. The molecular weight excluding hydrogens is 434 g/mol. The molecule has 0 fully saturated rings. The average molecular weight is 452 g/mol. The van der Waals surface area contributed by atoms with E-state index in [1.54, 1.807) is 18.6 Å². The summed E-state index contributed by atoms with van der Waals surface area (Å²) >= 11 is 7.37. The second-order valence-corrected chi connectivity index (χ2v) is 8.18. The predicted octanol–water partition coefficient (Wildman–Crippen LogP) is 4.07. The fourth-order valence-electron chi connectivity index (χ4n) is 3.40. The number of hydrogen-bond donors (Lipinski definition) is 1. The minimum Gasteiger partial charge on any atom is -0.490 e. The van der Waals surface area contributed by atoms with Gasteiger partial charge in [-0.05, 0) is 35.7 Å². The Bertz CT molecular complexity index is 1170. The Labute approximate surface area is 188 Å². The third-order valence-electron chi connectivity index (χ3n) is 4.87. The van der Waals surface area contributed by atoms with Gasteiger partial charge in [0, 0.05) is 37.0 Å². The van der Waals surface area contributed by atoms with Crippen LogP contribution in [-0.2, 0) is 6.42 Å². The lowest BCUT2D eigenvalue weighted by Gasteiger charge is -2.19. The smallest absolute Gasteiger partial charge is 0.235 e. The first-order valence-electron chi connectivity index (χ1n) is 9.71. The van der Waals surface area contributed by atoms with Gasteiger partial charge in [0.15, 0.2) is 5.82 Å². The van der Waals surface area contributed by atoms with Crippen molar-refractivity contribution < 1.29 is 4.74 Å². The molecule has 156 valence electrons. The number of aromatic nitrogens is 6. The van der Waals surface area contributed by atoms with Crippen LogP contribution < -0.4 is 9.46 Å². The zero-order valence-electron chi connectivity index (χ0n) is 16.3. The Hall–Kier alpha value is -3.17. The molecule has 1 atom stereocenters. The number of aryl methyl sites for hydroxylation is 1. The van der Waals surface area contributed by atoms with Crippen LogP contribution in [0.15, 0.2) is 61.2 Å². The van der Waals surface area contributed by atoms with Crippen molar-refractivity contribution in [3.63, 3.8) is 0 Å². The lowest BCUT2D eigenvalue weighted by atomic mass is 10.1. The Balaban J connectivity index is 1.40. The van der Waals surface area contributed by atoms with Crippen LogP contribution in [-0.4, -0.2) is 42.1 Å². The number of fused-ring (bicyclic) bond motifs is 3. The van der Waals surface area contributed by atoms with Gasteiger partial charge < -0.3 is 4.74 Å². The zero-order valence-corrected chi connectivity index (χ0v) is 17.9. The van der Waals surface area contributed by atoms with Crippen molar-refractivity contribution in [2.75, 3.05) is 17.1 Å². The van der Waals surface area contributed by atoms with E-state index in [-0.39, 0.29) is 6.04 Å². The van der Waals surface area contributed by atoms with Crippen molar-refractivity contribution in [3.05, 3.63) is 77.6 Å². The van der Waals surface area contributed by atoms with Gasteiger partial charge in [0.25, 0.3) is 0 Å². The first-order valence-corrected chi connectivity index (χ1v) is 11.1. The third kappa shape index (κ3) is 4.19. The summed E-state index contributed by atoms with van der Waals surface area (Å²) in [6, 6.07) is 11.7. The molecule has 0 spiro atoms. The molecule has 8 nitrogen and oxygen atoms in total. The summed E-state index contributed by atoms with van der Waals surface area (Å²) < 4.78 is 11.5. The lowest BCUT2D eigenvalue weighted by Crippen LogP contribution is -2.19. The molecule has 5 rings (SSSR count). The number of anilines is 1. The molecular formula is C21H18ClN7OS. The van der Waals surface area contributed by atoms with E-state index in [1.807, 2.05) is 42.6 Å². The molecule has 0 bridgehead atoms. The Morgan fingerprint density at radius 3 is 2.81 bits per heavy atom. The number of pyridine rings is 1. The molecule has 0 aliphatic carbocycles. The number of nitrogens with zero attached hydrogens (tertiary/aromatic N) is 6. The van der Waals surface area contributed by atoms with Crippen molar-refractivity contribution in [3.8, 4) is 17.1 Å². The summed E-state index contributed by atoms with van der Waals surface area (Å²) in [5, 5.41) is 9.44. The summed E-state index contributed by atoms with van der Waals surface area (Å²) in [6.45, 7) is 0.450. The average Bonchev–Trinajstić information content (AvgIpc) is 3.15. The van der Waals surface area contributed by atoms with Gasteiger partial charge in [-0.15, -0.1) is 10.2 Å². The number of ether oxygens (including phenoxy) is 1. The summed E-state index contributed by atoms with van der Waals surface area (Å²) in [5.41, 5.74) is 1.94. The molecule has 1 unspecified atom stereocenters. The van der Waals surface area contributed by atoms with Gasteiger partial charge in [-0.3, -0.25) is 14.3 Å². The molecule has 0 saturated carbocycles. The third-order valence-corrected chi connectivity index (χ3v) is 5.80. The second-order valence-electron chi connectivity index (χ2n) is 6.84. The van der Waals surface area contributed by atoms with Crippen LogP contribution in [0.3, 0.4) is 0 Å². The minimum absolute atomic E-state index is 0.117. The topological polar surface area (TPSA) is 90.6 Å². The van der Waals surface area contributed by atoms with E-state index in [0.717, 1.165) is 34.3 Å². The number of halogens is 1. The quantitative estimate of drug-likeness (QED) is 0.346. The molecule has 4 heterocycles. The number of nitrogens with one attached hydrogen (secondary N) is 1. The van der Waals surface area contributed by atoms with Gasteiger partial charge >= 0.3 is 0 Å². The predicted molar refractivity (Wildman–Crippen MR) is 120 cm³/mol. The Kier molecular flexibility index (Phi) is 5.68. The van der Waals surface area contributed by atoms with Gasteiger partial charge in [0.05, 0.1) is 16.6 Å². The summed E-state index contributed by atoms with van der Waals surface area (Å²) in [5.74, 6) is 3.71. The van der Waals surface area contributed by atoms with E-state index in [1.165, 1.54) is 11.9 Å². The van der Waals surface area contributed by atoms with E-state index in [0.29, 0.717) is 24.0 Å². The van der Waals surface area contributed by atoms with E-state index in [2.05, 4.69) is 34.4 Å². The minimum atomic E-state index is -0.117. The molecule has 1 aromatic carbocycles. The fourth-order valence-corrected chi connectivity index (χ4v) is 4.16. The van der Waals surface area contributed by atoms with Crippen molar-refractivity contribution >= 4 is 29.5 Å². The van der Waals surface area contributed by atoms with E-state index < -0.39 is 0 Å². The van der Waals surface area contributed by atoms with Gasteiger partial charge in [-0.25, -0.2) is 9.97 Å². The highest BCUT2D eigenvalue weighted by molar-refractivity contribution is 8.00. The first kappa shape index (κ1) is 19.8. The Morgan fingerprint density at radius 2 is 1.97 bits per heavy atom. The number of para-hydroxylation sites is 1. The van der Waals surface area contributed by atoms with E-state index >= 15 is 0 Å². The SMILES string of the molecule is Clc1cnc(CCSNc2nnc3n2C(c2cccnc2)COc2ccccc2-3)nc1. The molecule has 3 aromatic heterocycles. The van der Waals surface area contributed by atoms with E-state index in [9.17, 15) is 0 Å². The molecule has 31 heavy (non-hydrogen) atoms. The largest absolute Gasteiger partial charge is 0.490 e. The Morgan fingerprint density at radius 1 is 1.10 bits per heavy atom. The van der Waals surface area contributed by atoms with Crippen LogP contribution in [0.4, 0.5) is 5.95 Å². The van der Waals surface area contributed by atoms with Crippen molar-refractivity contribution in [2.24, 2.45) is 0 Å². The monoisotopic (exact) mass is 451 g/mol. The van der Waals surface area contributed by atoms with Gasteiger partial charge in [0.2, 0.25) is 5.95 Å². The maximum atomic E-state index is 6.13. The highest BCUT2D eigenvalue weighted by Gasteiger charge is 2.28. The van der Waals surface area contributed by atoms with Crippen LogP contribution >= 0.6 is 23.5 Å². The number of hydrogen-bond acceptors (Lipinski definition) is 8. The van der Waals surface area contributed by atoms with E-state index in [4.69, 9.17) is 16.3 Å². The number of benzene rings is 1. The lowest BCUT2D eigenvalue weighted by molar-refractivity contribution is 0.281. The van der Waals surface area contributed by atoms with Crippen LogP contribution in [0, 0.1) is 0 Å². The fraction of sp³-hybridized carbons (Fsp3) is 0.190. The van der Waals surface area contributed by atoms with Crippen molar-refractivity contribution in [2.45, 2.75) is 12.5 Å². The second kappa shape index (κ2) is 8.91. The zero-order chi connectivity index (χ0) is 21.0. The highest BCUT2D eigenvalue weighted by Crippen LogP contribution is 2.38. The standard InChI is InChI=1S/C21H18ClN7OS/c22-15-11-24-19(25-12-15)7-9-31-28-21-27-26-20-16-5-1-2-6-18(16)30-13-17(29(20)21)14-4-3-8-23-10-14/h1-6,8,10-12,17H,7,9,13H2,(H,27,28). The molecule has 1 aliphatic rings. The van der Waals surface area contributed by atoms with Gasteiger partial charge in [-0.1, -0.05) is 29.8 Å². The van der Waals surface area contributed by atoms with Gasteiger partial charge in [-0.2, -0.15) is 0 Å². The maximum Gasteiger partial charge on any atom is 0.235 e. The molecule has 1 N–H and O–H groups in total.